The third-order valence-electron chi connectivity index (χ3n) is 9.27. The molecule has 1 nitrogen and oxygen atoms in total. The predicted octanol–water partition coefficient (Wildman–Crippen LogP) is 4.51. The first-order chi connectivity index (χ1) is 18.7. The van der Waals surface area contributed by atoms with E-state index in [9.17, 15) is 0 Å². The molecule has 3 aliphatic rings. The zero-order valence-corrected chi connectivity index (χ0v) is 30.7. The molecule has 0 amide bonds. The fourth-order valence-electron chi connectivity index (χ4n) is 7.29. The van der Waals surface area contributed by atoms with Crippen LogP contribution in [0.3, 0.4) is 0 Å². The van der Waals surface area contributed by atoms with Gasteiger partial charge in [0, 0.05) is 22.6 Å². The second kappa shape index (κ2) is 13.3. The molecular weight excluding hydrogens is 649 g/mol. The Labute approximate surface area is 284 Å². The zero-order valence-electron chi connectivity index (χ0n) is 25.7. The van der Waals surface area contributed by atoms with Crippen LogP contribution in [0.1, 0.15) is 66.7 Å². The average molecular weight is 689 g/mol. The van der Waals surface area contributed by atoms with Gasteiger partial charge in [-0.2, -0.15) is 6.07 Å². The number of aryl methyl sites for hydroxylation is 2. The Bertz CT molecular complexity index is 1710. The van der Waals surface area contributed by atoms with Gasteiger partial charge in [-0.05, 0) is 61.1 Å². The third-order valence-corrected chi connectivity index (χ3v) is 13.4. The molecule has 4 aromatic carbocycles. The van der Waals surface area contributed by atoms with Crippen molar-refractivity contribution in [2.24, 2.45) is 0 Å². The molecule has 1 radical (unpaired) electrons. The van der Waals surface area contributed by atoms with E-state index < -0.39 is 8.07 Å². The van der Waals surface area contributed by atoms with Crippen molar-refractivity contribution < 1.29 is 51.0 Å². The fraction of sp³-hybridized carbons (Fsp3) is 0.270. The van der Waals surface area contributed by atoms with Gasteiger partial charge >= 0.3 is 26.2 Å². The topological polar surface area (TPSA) is 4.93 Å². The number of hydrogen-bond acceptors (Lipinski definition) is 0. The molecular formula is C37H40Cl2NSiZr. The molecule has 2 unspecified atom stereocenters. The Hall–Kier alpha value is -2.03. The first-order valence-electron chi connectivity index (χ1n) is 14.5. The summed E-state index contributed by atoms with van der Waals surface area (Å²) < 4.78 is 2.48. The number of fused-ring (bicyclic) bond motifs is 1. The smallest absolute Gasteiger partial charge is 1.00 e. The standard InChI is InChI=1S/C20H21.C17H19NSi.2ClH.Zr/c1-4-15(3)16-8-10-17(11-9-16)19-7-5-6-18-12-14(2)13-20(18)19;1-11-10-14-15(17-12(2)16(14)19(17,3)4)18(11)13-8-6-5-7-9-13;;;/h5-13,15H,4H2,1-3H3;5-10,17H,1-4H3;2*1H;/q-1;;;;+3/p-2. The van der Waals surface area contributed by atoms with Gasteiger partial charge in [-0.25, -0.2) is 0 Å². The van der Waals surface area contributed by atoms with Gasteiger partial charge in [0.1, 0.15) is 0 Å². The summed E-state index contributed by atoms with van der Waals surface area (Å²) in [4.78, 5) is 0. The van der Waals surface area contributed by atoms with Crippen LogP contribution in [0.2, 0.25) is 13.1 Å². The van der Waals surface area contributed by atoms with Crippen molar-refractivity contribution in [3.05, 3.63) is 125 Å². The molecule has 215 valence electrons. The van der Waals surface area contributed by atoms with E-state index in [-0.39, 0.29) is 51.0 Å². The van der Waals surface area contributed by atoms with Crippen molar-refractivity contribution in [3.63, 3.8) is 0 Å². The molecule has 2 atom stereocenters. The molecule has 2 aliphatic heterocycles. The van der Waals surface area contributed by atoms with Gasteiger partial charge in [-0.15, -0.1) is 34.5 Å². The van der Waals surface area contributed by atoms with Crippen LogP contribution in [-0.4, -0.2) is 12.6 Å². The second-order valence-electron chi connectivity index (χ2n) is 12.2. The molecule has 0 saturated heterocycles. The number of para-hydroxylation sites is 1. The van der Waals surface area contributed by atoms with Crippen LogP contribution in [0.4, 0.5) is 0 Å². The second-order valence-corrected chi connectivity index (χ2v) is 16.8. The van der Waals surface area contributed by atoms with Gasteiger partial charge in [-0.3, -0.25) is 0 Å². The van der Waals surface area contributed by atoms with E-state index in [1.165, 1.54) is 50.8 Å². The van der Waals surface area contributed by atoms with Gasteiger partial charge in [0.25, 0.3) is 0 Å². The Morgan fingerprint density at radius 3 is 2.12 bits per heavy atom. The molecule has 5 heteroatoms. The molecule has 0 N–H and O–H groups in total. The van der Waals surface area contributed by atoms with Crippen LogP contribution in [-0.2, 0) is 26.2 Å². The van der Waals surface area contributed by atoms with E-state index in [1.807, 2.05) is 0 Å². The third kappa shape index (κ3) is 5.63. The van der Waals surface area contributed by atoms with Crippen molar-refractivity contribution in [3.8, 4) is 16.8 Å². The maximum absolute atomic E-state index is 2.52. The first kappa shape index (κ1) is 34.5. The molecule has 1 aromatic heterocycles. The van der Waals surface area contributed by atoms with Crippen molar-refractivity contribution in [2.75, 3.05) is 0 Å². The zero-order chi connectivity index (χ0) is 27.5. The Kier molecular flexibility index (Phi) is 10.9. The summed E-state index contributed by atoms with van der Waals surface area (Å²) in [7, 11) is -1.19. The maximum Gasteiger partial charge on any atom is 3.00 e. The summed E-state index contributed by atoms with van der Waals surface area (Å²) >= 11 is 0. The summed E-state index contributed by atoms with van der Waals surface area (Å²) in [5.74, 6) is 0.640. The van der Waals surface area contributed by atoms with E-state index >= 15 is 0 Å². The SMILES string of the molecule is CC1=C2c3cc(C)n(-c4ccccc4)c3C1[Si]2(C)C.CCC(C)c1ccc(-c2cccc3[cH-]c(C)cc23)cc1.[Cl-].[Cl-].[Zr+3]. The van der Waals surface area contributed by atoms with E-state index in [0.29, 0.717) is 5.92 Å². The number of hydrogen-bond donors (Lipinski definition) is 0. The average Bonchev–Trinajstić information content (AvgIpc) is 3.62. The van der Waals surface area contributed by atoms with Crippen molar-refractivity contribution in [2.45, 2.75) is 65.6 Å². The quantitative estimate of drug-likeness (QED) is 0.194. The number of rotatable bonds is 4. The van der Waals surface area contributed by atoms with Crippen molar-refractivity contribution >= 4 is 24.0 Å². The number of halogens is 2. The van der Waals surface area contributed by atoms with Gasteiger partial charge in [0.2, 0.25) is 0 Å². The summed E-state index contributed by atoms with van der Waals surface area (Å²) in [5, 5.41) is 4.43. The normalized spacial score (nSPS) is 16.2. The molecule has 1 aliphatic carbocycles. The van der Waals surface area contributed by atoms with Crippen LogP contribution < -0.4 is 24.8 Å². The fourth-order valence-corrected chi connectivity index (χ4v) is 11.6. The summed E-state index contributed by atoms with van der Waals surface area (Å²) in [6.45, 7) is 16.3. The molecule has 42 heavy (non-hydrogen) atoms. The molecule has 0 fully saturated rings. The van der Waals surface area contributed by atoms with Crippen LogP contribution in [0.5, 0.6) is 0 Å². The molecule has 5 aromatic rings. The molecule has 0 spiro atoms. The van der Waals surface area contributed by atoms with Gasteiger partial charge in [0.15, 0.2) is 0 Å². The van der Waals surface area contributed by atoms with E-state index in [2.05, 4.69) is 143 Å². The van der Waals surface area contributed by atoms with Crippen molar-refractivity contribution in [1.82, 2.24) is 4.57 Å². The minimum atomic E-state index is -1.19. The Balaban J connectivity index is 0.000000215. The largest absolute Gasteiger partial charge is 3.00 e. The summed E-state index contributed by atoms with van der Waals surface area (Å²) in [6.07, 6.45) is 1.19. The minimum absolute atomic E-state index is 0. The first-order valence-corrected chi connectivity index (χ1v) is 17.6. The summed E-state index contributed by atoms with van der Waals surface area (Å²) in [6, 6.07) is 33.4. The maximum atomic E-state index is 2.52. The number of benzene rings is 3. The van der Waals surface area contributed by atoms with Gasteiger partial charge in [-0.1, -0.05) is 98.7 Å². The predicted molar refractivity (Wildman–Crippen MR) is 172 cm³/mol. The van der Waals surface area contributed by atoms with Gasteiger partial charge in [0.05, 0.1) is 8.07 Å². The Morgan fingerprint density at radius 1 is 0.833 bits per heavy atom. The van der Waals surface area contributed by atoms with E-state index in [0.717, 1.165) is 5.54 Å². The van der Waals surface area contributed by atoms with E-state index in [1.54, 1.807) is 22.0 Å². The number of aromatic nitrogens is 1. The molecule has 0 saturated carbocycles. The molecule has 3 heterocycles. The van der Waals surface area contributed by atoms with Gasteiger partial charge < -0.3 is 29.4 Å². The summed E-state index contributed by atoms with van der Waals surface area (Å²) in [5.41, 5.74) is 13.6. The molecule has 2 bridgehead atoms. The van der Waals surface area contributed by atoms with E-state index in [4.69, 9.17) is 0 Å². The van der Waals surface area contributed by atoms with Crippen molar-refractivity contribution in [1.29, 1.82) is 0 Å². The van der Waals surface area contributed by atoms with Crippen LogP contribution in [0, 0.1) is 13.8 Å². The van der Waals surface area contributed by atoms with Crippen LogP contribution in [0.15, 0.2) is 96.6 Å². The Morgan fingerprint density at radius 2 is 1.50 bits per heavy atom. The monoisotopic (exact) mass is 686 g/mol. The van der Waals surface area contributed by atoms with Crippen LogP contribution >= 0.6 is 0 Å². The minimum Gasteiger partial charge on any atom is -1.00 e. The van der Waals surface area contributed by atoms with Crippen LogP contribution in [0.25, 0.3) is 32.8 Å². The molecule has 8 rings (SSSR count). The number of nitrogens with zero attached hydrogens (tertiary/aromatic N) is 1. The number of allylic oxidation sites excluding steroid dienone is 1.